The van der Waals surface area contributed by atoms with E-state index in [9.17, 15) is 4.79 Å². The summed E-state index contributed by atoms with van der Waals surface area (Å²) in [5, 5.41) is 4.39. The molecule has 1 fully saturated rings. The summed E-state index contributed by atoms with van der Waals surface area (Å²) < 4.78 is 5.76. The van der Waals surface area contributed by atoms with E-state index < -0.39 is 0 Å². The topological polar surface area (TPSA) is 54.5 Å². The molecular weight excluding hydrogens is 418 g/mol. The van der Waals surface area contributed by atoms with E-state index in [4.69, 9.17) is 16.3 Å². The van der Waals surface area contributed by atoms with Crippen molar-refractivity contribution in [2.24, 2.45) is 0 Å². The van der Waals surface area contributed by atoms with E-state index in [0.29, 0.717) is 16.3 Å². The molecule has 0 atom stereocenters. The van der Waals surface area contributed by atoms with Crippen LogP contribution in [0.2, 0.25) is 5.02 Å². The fourth-order valence-corrected chi connectivity index (χ4v) is 4.74. The van der Waals surface area contributed by atoms with E-state index >= 15 is 0 Å². The third kappa shape index (κ3) is 4.89. The van der Waals surface area contributed by atoms with E-state index in [2.05, 4.69) is 28.2 Å². The zero-order valence-electron chi connectivity index (χ0n) is 16.9. The lowest BCUT2D eigenvalue weighted by molar-refractivity contribution is -0.118. The van der Waals surface area contributed by atoms with E-state index in [1.165, 1.54) is 17.1 Å². The van der Waals surface area contributed by atoms with Gasteiger partial charge in [0, 0.05) is 48.4 Å². The first kappa shape index (κ1) is 21.0. The maximum Gasteiger partial charge on any atom is 0.262 e. The van der Waals surface area contributed by atoms with Gasteiger partial charge in [-0.3, -0.25) is 14.7 Å². The van der Waals surface area contributed by atoms with Crippen molar-refractivity contribution in [2.75, 3.05) is 36.5 Å². The number of anilines is 1. The molecule has 5 nitrogen and oxygen atoms in total. The Morgan fingerprint density at radius 1 is 1.20 bits per heavy atom. The van der Waals surface area contributed by atoms with Gasteiger partial charge in [-0.15, -0.1) is 0 Å². The first-order valence-corrected chi connectivity index (χ1v) is 11.5. The van der Waals surface area contributed by atoms with Gasteiger partial charge in [0.05, 0.1) is 5.02 Å². The monoisotopic (exact) mass is 441 g/mol. The minimum atomic E-state index is -0.205. The van der Waals surface area contributed by atoms with Crippen LogP contribution in [0, 0.1) is 6.92 Å². The molecule has 1 aliphatic heterocycles. The van der Waals surface area contributed by atoms with Gasteiger partial charge in [0.25, 0.3) is 5.91 Å². The Bertz CT molecular complexity index is 1050. The van der Waals surface area contributed by atoms with Crippen LogP contribution in [0.1, 0.15) is 11.1 Å². The van der Waals surface area contributed by atoms with Gasteiger partial charge in [-0.25, -0.2) is 0 Å². The molecule has 0 spiro atoms. The average molecular weight is 442 g/mol. The number of fused-ring (bicyclic) bond motifs is 1. The molecule has 1 aromatic heterocycles. The Morgan fingerprint density at radius 3 is 2.87 bits per heavy atom. The molecule has 0 aliphatic carbocycles. The third-order valence-corrected chi connectivity index (χ3v) is 6.53. The van der Waals surface area contributed by atoms with Crippen molar-refractivity contribution in [2.45, 2.75) is 13.5 Å². The Balaban J connectivity index is 1.41. The molecule has 0 saturated carbocycles. The molecule has 0 radical (unpaired) electrons. The van der Waals surface area contributed by atoms with Crippen molar-refractivity contribution in [3.8, 4) is 5.75 Å². The van der Waals surface area contributed by atoms with Gasteiger partial charge in [-0.2, -0.15) is 11.8 Å². The SMILES string of the molecule is Cc1c(CN2CCSCC2)cccc1NC(=O)COc1ccc(Cl)c2cccnc12. The maximum atomic E-state index is 12.5. The minimum Gasteiger partial charge on any atom is -0.481 e. The fraction of sp³-hybridized carbons (Fsp3) is 0.304. The van der Waals surface area contributed by atoms with Gasteiger partial charge >= 0.3 is 0 Å². The summed E-state index contributed by atoms with van der Waals surface area (Å²) in [7, 11) is 0. The second kappa shape index (κ2) is 9.69. The number of nitrogens with zero attached hydrogens (tertiary/aromatic N) is 2. The molecule has 0 bridgehead atoms. The normalized spacial score (nSPS) is 14.6. The largest absolute Gasteiger partial charge is 0.481 e. The molecule has 0 unspecified atom stereocenters. The second-order valence-electron chi connectivity index (χ2n) is 7.26. The molecular formula is C23H24ClN3O2S. The Hall–Kier alpha value is -2.28. The zero-order chi connectivity index (χ0) is 20.9. The van der Waals surface area contributed by atoms with Crippen LogP contribution in [0.15, 0.2) is 48.7 Å². The lowest BCUT2D eigenvalue weighted by Gasteiger charge is -2.27. The first-order chi connectivity index (χ1) is 14.6. The third-order valence-electron chi connectivity index (χ3n) is 5.26. The summed E-state index contributed by atoms with van der Waals surface area (Å²) in [5.41, 5.74) is 3.82. The van der Waals surface area contributed by atoms with Gasteiger partial charge in [-0.1, -0.05) is 23.7 Å². The first-order valence-electron chi connectivity index (χ1n) is 9.96. The lowest BCUT2D eigenvalue weighted by Crippen LogP contribution is -2.32. The van der Waals surface area contributed by atoms with Crippen LogP contribution in [-0.4, -0.2) is 47.0 Å². The van der Waals surface area contributed by atoms with Crippen LogP contribution >= 0.6 is 23.4 Å². The number of rotatable bonds is 6. The van der Waals surface area contributed by atoms with Crippen LogP contribution in [-0.2, 0) is 11.3 Å². The number of pyridine rings is 1. The van der Waals surface area contributed by atoms with E-state index in [0.717, 1.165) is 36.3 Å². The number of carbonyl (C=O) groups is 1. The van der Waals surface area contributed by atoms with Gasteiger partial charge in [-0.05, 0) is 48.4 Å². The fourth-order valence-electron chi connectivity index (χ4n) is 3.55. The molecule has 2 heterocycles. The minimum absolute atomic E-state index is 0.0969. The number of nitrogens with one attached hydrogen (secondary N) is 1. The summed E-state index contributed by atoms with van der Waals surface area (Å²) in [6.07, 6.45) is 1.68. The van der Waals surface area contributed by atoms with E-state index in [1.807, 2.05) is 36.0 Å². The van der Waals surface area contributed by atoms with Gasteiger partial charge < -0.3 is 10.1 Å². The van der Waals surface area contributed by atoms with Gasteiger partial charge in [0.15, 0.2) is 6.61 Å². The molecule has 3 aromatic rings. The number of thioether (sulfide) groups is 1. The summed E-state index contributed by atoms with van der Waals surface area (Å²) in [5.74, 6) is 2.70. The predicted octanol–water partition coefficient (Wildman–Crippen LogP) is 4.76. The van der Waals surface area contributed by atoms with Crippen molar-refractivity contribution < 1.29 is 9.53 Å². The molecule has 1 saturated heterocycles. The molecule has 1 N–H and O–H groups in total. The van der Waals surface area contributed by atoms with Gasteiger partial charge in [0.2, 0.25) is 0 Å². The van der Waals surface area contributed by atoms with Crippen LogP contribution in [0.4, 0.5) is 5.69 Å². The number of carbonyl (C=O) groups excluding carboxylic acids is 1. The highest BCUT2D eigenvalue weighted by Gasteiger charge is 2.14. The number of aromatic nitrogens is 1. The average Bonchev–Trinajstić information content (AvgIpc) is 2.77. The van der Waals surface area contributed by atoms with Crippen LogP contribution in [0.5, 0.6) is 5.75 Å². The Morgan fingerprint density at radius 2 is 2.03 bits per heavy atom. The van der Waals surface area contributed by atoms with Crippen molar-refractivity contribution >= 4 is 45.9 Å². The lowest BCUT2D eigenvalue weighted by atomic mass is 10.1. The number of halogens is 1. The van der Waals surface area contributed by atoms with E-state index in [1.54, 1.807) is 18.3 Å². The van der Waals surface area contributed by atoms with Crippen LogP contribution in [0.25, 0.3) is 10.9 Å². The summed E-state index contributed by atoms with van der Waals surface area (Å²) >= 11 is 8.23. The van der Waals surface area contributed by atoms with Crippen molar-refractivity contribution in [3.63, 3.8) is 0 Å². The molecule has 156 valence electrons. The van der Waals surface area contributed by atoms with Crippen LogP contribution < -0.4 is 10.1 Å². The number of hydrogen-bond donors (Lipinski definition) is 1. The number of amides is 1. The Labute approximate surface area is 185 Å². The number of benzene rings is 2. The highest BCUT2D eigenvalue weighted by atomic mass is 35.5. The Kier molecular flexibility index (Phi) is 6.77. The highest BCUT2D eigenvalue weighted by Crippen LogP contribution is 2.29. The molecule has 2 aromatic carbocycles. The quantitative estimate of drug-likeness (QED) is 0.597. The molecule has 30 heavy (non-hydrogen) atoms. The maximum absolute atomic E-state index is 12.5. The van der Waals surface area contributed by atoms with Crippen molar-refractivity contribution in [3.05, 3.63) is 64.8 Å². The zero-order valence-corrected chi connectivity index (χ0v) is 18.4. The summed E-state index contributed by atoms with van der Waals surface area (Å²) in [6.45, 7) is 5.09. The van der Waals surface area contributed by atoms with Crippen molar-refractivity contribution in [1.29, 1.82) is 0 Å². The summed E-state index contributed by atoms with van der Waals surface area (Å²) in [6, 6.07) is 13.3. The van der Waals surface area contributed by atoms with Crippen molar-refractivity contribution in [1.82, 2.24) is 9.88 Å². The molecule has 4 rings (SSSR count). The van der Waals surface area contributed by atoms with E-state index in [-0.39, 0.29) is 12.5 Å². The predicted molar refractivity (Wildman–Crippen MR) is 125 cm³/mol. The van der Waals surface area contributed by atoms with Gasteiger partial charge in [0.1, 0.15) is 11.3 Å². The highest BCUT2D eigenvalue weighted by molar-refractivity contribution is 7.99. The molecule has 1 amide bonds. The number of ether oxygens (including phenoxy) is 1. The molecule has 1 aliphatic rings. The molecule has 7 heteroatoms. The summed E-state index contributed by atoms with van der Waals surface area (Å²) in [4.78, 5) is 19.3. The number of hydrogen-bond acceptors (Lipinski definition) is 5. The standard InChI is InChI=1S/C23H24ClN3O2S/c1-16-17(14-27-10-12-30-13-11-27)4-2-6-20(16)26-22(28)15-29-21-8-7-19(24)18-5-3-9-25-23(18)21/h2-9H,10-15H2,1H3,(H,26,28). The second-order valence-corrected chi connectivity index (χ2v) is 8.89. The smallest absolute Gasteiger partial charge is 0.262 e. The van der Waals surface area contributed by atoms with Crippen LogP contribution in [0.3, 0.4) is 0 Å².